The van der Waals surface area contributed by atoms with Crippen LogP contribution >= 0.6 is 0 Å². The van der Waals surface area contributed by atoms with E-state index in [0.29, 0.717) is 24.4 Å². The molecule has 262 valence electrons. The third-order valence-electron chi connectivity index (χ3n) is 14.9. The number of hydrogen-bond acceptors (Lipinski definition) is 7. The predicted molar refractivity (Wildman–Crippen MR) is 182 cm³/mol. The average Bonchev–Trinajstić information content (AvgIpc) is 2.99. The number of phenolic OH excluding ortho intramolecular Hbond substituents is 2. The van der Waals surface area contributed by atoms with Crippen molar-refractivity contribution in [3.63, 3.8) is 0 Å². The molecule has 0 saturated heterocycles. The molecular weight excluding hydrogens is 594 g/mol. The highest BCUT2D eigenvalue weighted by Gasteiger charge is 2.70. The van der Waals surface area contributed by atoms with Crippen LogP contribution in [0.2, 0.25) is 0 Å². The Labute approximate surface area is 281 Å². The Hall–Kier alpha value is -2.42. The normalized spacial score (nSPS) is 42.7. The molecule has 6 N–H and O–H groups in total. The standard InChI is InChI=1S/C30H46O4.C9H13NO3/c1-25(2)21-8-11-30(7)23(28(21,5)10-9-22(25)32)20(31)16-18-19-17-27(4,24(33)34)13-12-26(19,3)14-15-29(18,30)6;1-10-5-9(13)6-2-3-7(11)8(12)4-6/h16,19,21-23,32H,8-15,17H2,1-7H3,(H,33,34);2-4,9-13H,5H2,1H3/t19-,21-,22-,23+,26+,27-,28-,29+,30+;9-/m00/s1. The number of rotatable bonds is 4. The van der Waals surface area contributed by atoms with Crippen LogP contribution in [0.3, 0.4) is 0 Å². The minimum absolute atomic E-state index is 0.0296. The molecule has 0 aromatic heterocycles. The van der Waals surface area contributed by atoms with Gasteiger partial charge in [0, 0.05) is 12.5 Å². The lowest BCUT2D eigenvalue weighted by Crippen LogP contribution is -2.66. The Morgan fingerprint density at radius 2 is 1.60 bits per heavy atom. The van der Waals surface area contributed by atoms with Gasteiger partial charge in [0.15, 0.2) is 17.3 Å². The largest absolute Gasteiger partial charge is 0.504 e. The van der Waals surface area contributed by atoms with Crippen LogP contribution in [0.25, 0.3) is 0 Å². The number of carbonyl (C=O) groups is 2. The minimum Gasteiger partial charge on any atom is -0.504 e. The van der Waals surface area contributed by atoms with E-state index in [0.717, 1.165) is 51.4 Å². The van der Waals surface area contributed by atoms with Crippen molar-refractivity contribution in [1.29, 1.82) is 0 Å². The number of carboxylic acid groups (broad SMARTS) is 1. The van der Waals surface area contributed by atoms with E-state index in [2.05, 4.69) is 46.9 Å². The molecule has 0 bridgehead atoms. The molecule has 4 saturated carbocycles. The van der Waals surface area contributed by atoms with Gasteiger partial charge in [0.25, 0.3) is 0 Å². The molecule has 0 radical (unpaired) electrons. The molecule has 0 unspecified atom stereocenters. The van der Waals surface area contributed by atoms with E-state index < -0.39 is 17.5 Å². The summed E-state index contributed by atoms with van der Waals surface area (Å²) in [6.07, 6.45) is 9.28. The van der Waals surface area contributed by atoms with E-state index in [9.17, 15) is 24.9 Å². The highest BCUT2D eigenvalue weighted by Crippen LogP contribution is 2.75. The maximum absolute atomic E-state index is 14.2. The third-order valence-corrected chi connectivity index (χ3v) is 14.9. The van der Waals surface area contributed by atoms with Crippen molar-refractivity contribution in [2.75, 3.05) is 13.6 Å². The zero-order chi connectivity index (χ0) is 35.0. The first-order chi connectivity index (χ1) is 21.7. The fourth-order valence-electron chi connectivity index (χ4n) is 11.4. The number of benzene rings is 1. The number of phenols is 2. The second-order valence-corrected chi connectivity index (χ2v) is 17.8. The van der Waals surface area contributed by atoms with E-state index in [4.69, 9.17) is 10.2 Å². The molecule has 0 amide bonds. The Morgan fingerprint density at radius 1 is 0.936 bits per heavy atom. The van der Waals surface area contributed by atoms with Gasteiger partial charge in [-0.15, -0.1) is 0 Å². The van der Waals surface area contributed by atoms with Crippen molar-refractivity contribution >= 4 is 11.8 Å². The SMILES string of the molecule is CC1(C)[C@@H](O)CC[C@]2(C)[C@H]3C(=O)C=C4[C@@H]5C[C@@](C)(C(=O)O)CC[C@]5(C)CC[C@@]4(C)[C@]3(C)CC[C@@H]12.CNC[C@H](O)c1ccc(O)c(O)c1. The van der Waals surface area contributed by atoms with Crippen LogP contribution in [0.5, 0.6) is 11.5 Å². The number of likely N-dealkylation sites (N-methyl/N-ethyl adjacent to an activating group) is 1. The molecule has 4 fully saturated rings. The van der Waals surface area contributed by atoms with E-state index >= 15 is 0 Å². The number of fused-ring (bicyclic) bond motifs is 7. The summed E-state index contributed by atoms with van der Waals surface area (Å²) in [5.41, 5.74) is 0.715. The second-order valence-electron chi connectivity index (χ2n) is 17.8. The molecule has 47 heavy (non-hydrogen) atoms. The van der Waals surface area contributed by atoms with Crippen molar-refractivity contribution in [3.05, 3.63) is 35.4 Å². The Kier molecular flexibility index (Phi) is 9.06. The fourth-order valence-corrected chi connectivity index (χ4v) is 11.4. The summed E-state index contributed by atoms with van der Waals surface area (Å²) in [7, 11) is 1.73. The lowest BCUT2D eigenvalue weighted by molar-refractivity contribution is -0.202. The van der Waals surface area contributed by atoms with Gasteiger partial charge >= 0.3 is 5.97 Å². The van der Waals surface area contributed by atoms with E-state index in [1.165, 1.54) is 17.7 Å². The summed E-state index contributed by atoms with van der Waals surface area (Å²) in [5.74, 6) is -0.335. The molecule has 6 rings (SSSR count). The lowest BCUT2D eigenvalue weighted by Gasteiger charge is -2.70. The summed E-state index contributed by atoms with van der Waals surface area (Å²) in [4.78, 5) is 26.4. The van der Waals surface area contributed by atoms with Gasteiger partial charge in [-0.3, -0.25) is 9.59 Å². The fraction of sp³-hybridized carbons (Fsp3) is 0.744. The maximum atomic E-state index is 14.2. The van der Waals surface area contributed by atoms with Gasteiger partial charge < -0.3 is 30.8 Å². The van der Waals surface area contributed by atoms with Crippen molar-refractivity contribution in [2.45, 2.75) is 118 Å². The minimum atomic E-state index is -0.711. The van der Waals surface area contributed by atoms with Crippen LogP contribution in [0.1, 0.15) is 118 Å². The zero-order valence-electron chi connectivity index (χ0n) is 29.8. The third kappa shape index (κ3) is 5.45. The first-order valence-electron chi connectivity index (χ1n) is 17.7. The van der Waals surface area contributed by atoms with Gasteiger partial charge in [-0.1, -0.05) is 53.2 Å². The Bertz CT molecular complexity index is 1440. The summed E-state index contributed by atoms with van der Waals surface area (Å²) >= 11 is 0. The number of hydrogen-bond donors (Lipinski definition) is 6. The lowest BCUT2D eigenvalue weighted by atomic mass is 9.33. The number of carboxylic acids is 1. The number of aliphatic carboxylic acids is 1. The molecule has 5 aliphatic rings. The predicted octanol–water partition coefficient (Wildman–Crippen LogP) is 6.76. The van der Waals surface area contributed by atoms with Gasteiger partial charge in [-0.05, 0) is 134 Å². The Morgan fingerprint density at radius 3 is 2.21 bits per heavy atom. The molecule has 1 aromatic carbocycles. The number of ketones is 1. The summed E-state index contributed by atoms with van der Waals surface area (Å²) < 4.78 is 0. The van der Waals surface area contributed by atoms with Crippen LogP contribution in [-0.4, -0.2) is 57.0 Å². The number of aliphatic hydroxyl groups is 2. The van der Waals surface area contributed by atoms with Crippen molar-refractivity contribution < 1.29 is 35.1 Å². The highest BCUT2D eigenvalue weighted by atomic mass is 16.4. The first-order valence-corrected chi connectivity index (χ1v) is 17.7. The van der Waals surface area contributed by atoms with Gasteiger partial charge in [0.05, 0.1) is 17.6 Å². The van der Waals surface area contributed by atoms with Crippen LogP contribution in [0.4, 0.5) is 0 Å². The smallest absolute Gasteiger partial charge is 0.309 e. The van der Waals surface area contributed by atoms with Crippen LogP contribution < -0.4 is 5.32 Å². The summed E-state index contributed by atoms with van der Waals surface area (Å²) in [6, 6.07) is 4.26. The number of carbonyl (C=O) groups excluding carboxylic acids is 1. The van der Waals surface area contributed by atoms with Crippen LogP contribution in [0.15, 0.2) is 29.8 Å². The molecule has 5 aliphatic carbocycles. The number of allylic oxidation sites excluding steroid dienone is 2. The first kappa shape index (κ1) is 35.9. The quantitative estimate of drug-likeness (QED) is 0.195. The van der Waals surface area contributed by atoms with Crippen LogP contribution in [-0.2, 0) is 9.59 Å². The molecule has 1 aromatic rings. The van der Waals surface area contributed by atoms with Gasteiger partial charge in [0.2, 0.25) is 0 Å². The number of aliphatic hydroxyl groups excluding tert-OH is 2. The van der Waals surface area contributed by atoms with Crippen molar-refractivity contribution in [1.82, 2.24) is 5.32 Å². The highest BCUT2D eigenvalue weighted by molar-refractivity contribution is 5.95. The topological polar surface area (TPSA) is 147 Å². The molecular formula is C39H59NO7. The van der Waals surface area contributed by atoms with E-state index in [-0.39, 0.29) is 62.3 Å². The summed E-state index contributed by atoms with van der Waals surface area (Å²) in [6.45, 7) is 16.2. The van der Waals surface area contributed by atoms with E-state index in [1.807, 2.05) is 13.0 Å². The molecule has 10 atom stereocenters. The second kappa shape index (κ2) is 11.9. The van der Waals surface area contributed by atoms with Gasteiger partial charge in [-0.25, -0.2) is 0 Å². The van der Waals surface area contributed by atoms with Gasteiger partial charge in [0.1, 0.15) is 0 Å². The molecule has 0 heterocycles. The summed E-state index contributed by atoms with van der Waals surface area (Å²) in [5, 5.41) is 51.3. The van der Waals surface area contributed by atoms with Crippen LogP contribution in [0, 0.1) is 50.2 Å². The Balaban J connectivity index is 0.000000281. The monoisotopic (exact) mass is 653 g/mol. The molecule has 0 spiro atoms. The van der Waals surface area contributed by atoms with E-state index in [1.54, 1.807) is 13.1 Å². The molecule has 8 heteroatoms. The van der Waals surface area contributed by atoms with Crippen molar-refractivity contribution in [2.24, 2.45) is 50.2 Å². The molecule has 0 aliphatic heterocycles. The van der Waals surface area contributed by atoms with Gasteiger partial charge in [-0.2, -0.15) is 0 Å². The maximum Gasteiger partial charge on any atom is 0.309 e. The number of aromatic hydroxyl groups is 2. The van der Waals surface area contributed by atoms with Crippen molar-refractivity contribution in [3.8, 4) is 11.5 Å². The zero-order valence-corrected chi connectivity index (χ0v) is 29.8. The average molecular weight is 654 g/mol. The number of nitrogens with one attached hydrogen (secondary N) is 1. The molecule has 8 nitrogen and oxygen atoms in total.